The maximum absolute atomic E-state index is 4.50. The predicted octanol–water partition coefficient (Wildman–Crippen LogP) is 2.88. The Morgan fingerprint density at radius 2 is 2.00 bits per heavy atom. The summed E-state index contributed by atoms with van der Waals surface area (Å²) in [6.07, 6.45) is 10.6. The molecule has 0 spiro atoms. The van der Waals surface area contributed by atoms with Crippen LogP contribution < -0.4 is 5.73 Å². The molecule has 12 heavy (non-hydrogen) atoms. The van der Waals surface area contributed by atoms with Gasteiger partial charge in [-0.25, -0.2) is 0 Å². The summed E-state index contributed by atoms with van der Waals surface area (Å²) in [6, 6.07) is 0. The van der Waals surface area contributed by atoms with E-state index >= 15 is 0 Å². The molecule has 0 saturated carbocycles. The lowest BCUT2D eigenvalue weighted by molar-refractivity contribution is 0.646. The zero-order chi connectivity index (χ0) is 9.40. The number of hydrogen-bond donors (Lipinski definition) is 1. The molecule has 0 aromatic rings. The van der Waals surface area contributed by atoms with Crippen LogP contribution in [0.5, 0.6) is 0 Å². The molecule has 0 fully saturated rings. The Labute approximate surface area is 76.3 Å². The van der Waals surface area contributed by atoms with E-state index in [0.717, 1.165) is 5.92 Å². The van der Waals surface area contributed by atoms with Crippen LogP contribution >= 0.6 is 0 Å². The summed E-state index contributed by atoms with van der Waals surface area (Å²) in [7, 11) is 1.50. The van der Waals surface area contributed by atoms with Crippen LogP contribution in [-0.2, 0) is 0 Å². The van der Waals surface area contributed by atoms with E-state index in [1.165, 1.54) is 31.9 Å². The minimum absolute atomic E-state index is 0.800. The summed E-state index contributed by atoms with van der Waals surface area (Å²) in [4.78, 5) is 0. The van der Waals surface area contributed by atoms with Crippen LogP contribution in [0.25, 0.3) is 0 Å². The van der Waals surface area contributed by atoms with Crippen molar-refractivity contribution in [1.29, 1.82) is 0 Å². The molecule has 0 aromatic heterocycles. The zero-order valence-electron chi connectivity index (χ0n) is 8.51. The van der Waals surface area contributed by atoms with Crippen LogP contribution in [0.3, 0.4) is 0 Å². The van der Waals surface area contributed by atoms with Crippen LogP contribution in [0.15, 0.2) is 23.8 Å². The Kier molecular flexibility index (Phi) is 6.78. The van der Waals surface area contributed by atoms with Gasteiger partial charge in [0.15, 0.2) is 0 Å². The number of allylic oxidation sites excluding steroid dienone is 4. The van der Waals surface area contributed by atoms with E-state index in [4.69, 9.17) is 0 Å². The fourth-order valence-corrected chi connectivity index (χ4v) is 1.29. The van der Waals surface area contributed by atoms with E-state index in [9.17, 15) is 0 Å². The van der Waals surface area contributed by atoms with Crippen molar-refractivity contribution in [3.63, 3.8) is 0 Å². The molecule has 0 aromatic carbocycles. The minimum Gasteiger partial charge on any atom is -0.333 e. The maximum Gasteiger partial charge on any atom is -0.0195 e. The number of nitrogens with two attached hydrogens (primary N) is 1. The van der Waals surface area contributed by atoms with Crippen molar-refractivity contribution in [2.24, 2.45) is 11.7 Å². The Morgan fingerprint density at radius 1 is 1.33 bits per heavy atom. The van der Waals surface area contributed by atoms with Gasteiger partial charge in [0, 0.05) is 0 Å². The normalized spacial score (nSPS) is 15.2. The first kappa shape index (κ1) is 11.4. The van der Waals surface area contributed by atoms with Crippen LogP contribution in [0.1, 0.15) is 33.1 Å². The molecule has 1 aliphatic carbocycles. The van der Waals surface area contributed by atoms with Crippen molar-refractivity contribution in [2.45, 2.75) is 33.1 Å². The van der Waals surface area contributed by atoms with Crippen molar-refractivity contribution < 1.29 is 0 Å². The van der Waals surface area contributed by atoms with Crippen LogP contribution in [0, 0.1) is 5.92 Å². The van der Waals surface area contributed by atoms with Gasteiger partial charge >= 0.3 is 0 Å². The lowest BCUT2D eigenvalue weighted by Crippen LogP contribution is -1.91. The monoisotopic (exact) mass is 167 g/mol. The van der Waals surface area contributed by atoms with Crippen LogP contribution in [0.4, 0.5) is 0 Å². The second kappa shape index (κ2) is 7.11. The molecule has 0 heterocycles. The first-order valence-corrected chi connectivity index (χ1v) is 4.72. The smallest absolute Gasteiger partial charge is 0.0195 e. The van der Waals surface area contributed by atoms with Gasteiger partial charge < -0.3 is 5.73 Å². The highest BCUT2D eigenvalue weighted by Gasteiger charge is 1.99. The average Bonchev–Trinajstić information content (AvgIpc) is 2.08. The van der Waals surface area contributed by atoms with E-state index in [0.29, 0.717) is 0 Å². The highest BCUT2D eigenvalue weighted by atomic mass is 14.4. The van der Waals surface area contributed by atoms with E-state index in [2.05, 4.69) is 37.8 Å². The Morgan fingerprint density at radius 3 is 2.42 bits per heavy atom. The SMILES string of the molecule is CC(C)CC1=CCCC=C1.CN. The summed E-state index contributed by atoms with van der Waals surface area (Å²) in [5.41, 5.74) is 6.03. The van der Waals surface area contributed by atoms with Gasteiger partial charge in [-0.2, -0.15) is 0 Å². The molecule has 1 rings (SSSR count). The second-order valence-corrected chi connectivity index (χ2v) is 3.36. The fourth-order valence-electron chi connectivity index (χ4n) is 1.29. The molecule has 70 valence electrons. The lowest BCUT2D eigenvalue weighted by atomic mass is 9.98. The molecule has 1 nitrogen and oxygen atoms in total. The molecule has 0 radical (unpaired) electrons. The van der Waals surface area contributed by atoms with Crippen LogP contribution in [0.2, 0.25) is 0 Å². The topological polar surface area (TPSA) is 26.0 Å². The summed E-state index contributed by atoms with van der Waals surface area (Å²) >= 11 is 0. The first-order valence-electron chi connectivity index (χ1n) is 4.72. The second-order valence-electron chi connectivity index (χ2n) is 3.36. The summed E-state index contributed by atoms with van der Waals surface area (Å²) in [5, 5.41) is 0. The van der Waals surface area contributed by atoms with E-state index in [1.54, 1.807) is 0 Å². The van der Waals surface area contributed by atoms with Gasteiger partial charge in [-0.05, 0) is 32.2 Å². The molecule has 0 atom stereocenters. The number of rotatable bonds is 2. The lowest BCUT2D eigenvalue weighted by Gasteiger charge is -2.08. The molecule has 2 N–H and O–H groups in total. The van der Waals surface area contributed by atoms with E-state index < -0.39 is 0 Å². The predicted molar refractivity (Wildman–Crippen MR) is 56.0 cm³/mol. The maximum atomic E-state index is 4.50. The molecular formula is C11H21N. The first-order chi connectivity index (χ1) is 5.79. The van der Waals surface area contributed by atoms with Gasteiger partial charge in [0.2, 0.25) is 0 Å². The highest BCUT2D eigenvalue weighted by Crippen LogP contribution is 2.17. The largest absolute Gasteiger partial charge is 0.333 e. The van der Waals surface area contributed by atoms with Crippen LogP contribution in [-0.4, -0.2) is 7.05 Å². The van der Waals surface area contributed by atoms with E-state index in [-0.39, 0.29) is 0 Å². The summed E-state index contributed by atoms with van der Waals surface area (Å²) in [5.74, 6) is 0.800. The third kappa shape index (κ3) is 5.14. The standard InChI is InChI=1S/C10H16.CH5N/c1-9(2)8-10-6-4-3-5-7-10;1-2/h4,6-7,9H,3,5,8H2,1-2H3;2H2,1H3. The molecule has 0 saturated heterocycles. The van der Waals surface area contributed by atoms with Gasteiger partial charge in [0.05, 0.1) is 0 Å². The molecule has 0 unspecified atom stereocenters. The third-order valence-corrected chi connectivity index (χ3v) is 1.72. The van der Waals surface area contributed by atoms with Crippen molar-refractivity contribution in [3.05, 3.63) is 23.8 Å². The van der Waals surface area contributed by atoms with Gasteiger partial charge in [0.1, 0.15) is 0 Å². The van der Waals surface area contributed by atoms with Crippen molar-refractivity contribution in [2.75, 3.05) is 7.05 Å². The molecular weight excluding hydrogens is 146 g/mol. The average molecular weight is 167 g/mol. The quantitative estimate of drug-likeness (QED) is 0.672. The summed E-state index contributed by atoms with van der Waals surface area (Å²) < 4.78 is 0. The van der Waals surface area contributed by atoms with E-state index in [1.807, 2.05) is 0 Å². The Bertz CT molecular complexity index is 154. The Hall–Kier alpha value is -0.560. The fraction of sp³-hybridized carbons (Fsp3) is 0.636. The van der Waals surface area contributed by atoms with Gasteiger partial charge in [-0.1, -0.05) is 37.6 Å². The third-order valence-electron chi connectivity index (χ3n) is 1.72. The minimum atomic E-state index is 0.800. The number of hydrogen-bond acceptors (Lipinski definition) is 1. The molecule has 0 amide bonds. The van der Waals surface area contributed by atoms with Gasteiger partial charge in [-0.15, -0.1) is 0 Å². The zero-order valence-corrected chi connectivity index (χ0v) is 8.51. The van der Waals surface area contributed by atoms with Crippen molar-refractivity contribution in [3.8, 4) is 0 Å². The molecule has 0 bridgehead atoms. The van der Waals surface area contributed by atoms with Gasteiger partial charge in [0.25, 0.3) is 0 Å². The molecule has 1 aliphatic rings. The highest BCUT2D eigenvalue weighted by molar-refractivity contribution is 5.22. The van der Waals surface area contributed by atoms with Crippen molar-refractivity contribution >= 4 is 0 Å². The molecule has 0 aliphatic heterocycles. The molecule has 1 heteroatoms. The summed E-state index contributed by atoms with van der Waals surface area (Å²) in [6.45, 7) is 4.53. The Balaban J connectivity index is 0.000000561. The van der Waals surface area contributed by atoms with Crippen molar-refractivity contribution in [1.82, 2.24) is 0 Å². The van der Waals surface area contributed by atoms with Gasteiger partial charge in [-0.3, -0.25) is 0 Å².